The predicted molar refractivity (Wildman–Crippen MR) is 106 cm³/mol. The summed E-state index contributed by atoms with van der Waals surface area (Å²) in [5.41, 5.74) is 3.01. The van der Waals surface area contributed by atoms with Gasteiger partial charge in [-0.25, -0.2) is 0 Å². The molecule has 0 aromatic heterocycles. The van der Waals surface area contributed by atoms with Gasteiger partial charge in [0, 0.05) is 18.3 Å². The molecule has 3 rings (SSSR count). The molecule has 0 saturated heterocycles. The van der Waals surface area contributed by atoms with Crippen molar-refractivity contribution in [2.24, 2.45) is 0 Å². The zero-order chi connectivity index (χ0) is 19.4. The Balaban J connectivity index is 1.73. The molecule has 0 aliphatic heterocycles. The second-order valence-corrected chi connectivity index (χ2v) is 6.91. The minimum Gasteiger partial charge on any atom is -0.493 e. The molecule has 1 fully saturated rings. The van der Waals surface area contributed by atoms with Crippen molar-refractivity contribution in [2.45, 2.75) is 39.0 Å². The molecule has 0 unspecified atom stereocenters. The van der Waals surface area contributed by atoms with Gasteiger partial charge in [-0.05, 0) is 67.4 Å². The van der Waals surface area contributed by atoms with E-state index in [1.54, 1.807) is 12.1 Å². The van der Waals surface area contributed by atoms with E-state index in [-0.39, 0.29) is 11.5 Å². The molecule has 1 aliphatic carbocycles. The number of aryl methyl sites for hydroxylation is 1. The van der Waals surface area contributed by atoms with E-state index in [2.05, 4.69) is 15.0 Å². The van der Waals surface area contributed by atoms with Crippen LogP contribution >= 0.6 is 12.2 Å². The Kier molecular flexibility index (Phi) is 6.11. The van der Waals surface area contributed by atoms with Crippen LogP contribution in [0.4, 0.5) is 14.5 Å². The van der Waals surface area contributed by atoms with Crippen molar-refractivity contribution in [3.05, 3.63) is 53.6 Å². The van der Waals surface area contributed by atoms with Crippen LogP contribution < -0.4 is 14.8 Å². The summed E-state index contributed by atoms with van der Waals surface area (Å²) in [6.45, 7) is -0.297. The molecule has 0 radical (unpaired) electrons. The molecule has 144 valence electrons. The van der Waals surface area contributed by atoms with Crippen molar-refractivity contribution < 1.29 is 18.3 Å². The number of alkyl halides is 2. The third-order valence-electron chi connectivity index (χ3n) is 4.31. The summed E-state index contributed by atoms with van der Waals surface area (Å²) in [4.78, 5) is 2.13. The summed E-state index contributed by atoms with van der Waals surface area (Å²) in [6, 6.07) is 13.4. The van der Waals surface area contributed by atoms with Crippen LogP contribution in [0.3, 0.4) is 0 Å². The Morgan fingerprint density at radius 3 is 2.63 bits per heavy atom. The van der Waals surface area contributed by atoms with Gasteiger partial charge in [-0.15, -0.1) is 0 Å². The summed E-state index contributed by atoms with van der Waals surface area (Å²) in [5.74, 6) is 0.302. The smallest absolute Gasteiger partial charge is 0.387 e. The lowest BCUT2D eigenvalue weighted by Gasteiger charge is -2.26. The largest absolute Gasteiger partial charge is 0.493 e. The highest BCUT2D eigenvalue weighted by Crippen LogP contribution is 2.33. The number of anilines is 1. The fourth-order valence-electron chi connectivity index (χ4n) is 2.87. The Hall–Kier alpha value is -2.41. The van der Waals surface area contributed by atoms with E-state index in [9.17, 15) is 8.78 Å². The molecule has 0 atom stereocenters. The molecule has 7 heteroatoms. The average Bonchev–Trinajstić information content (AvgIpc) is 3.45. The molecule has 2 aromatic rings. The van der Waals surface area contributed by atoms with Gasteiger partial charge in [-0.1, -0.05) is 18.2 Å². The molecule has 0 spiro atoms. The van der Waals surface area contributed by atoms with Gasteiger partial charge in [0.25, 0.3) is 0 Å². The monoisotopic (exact) mass is 392 g/mol. The number of thiocarbonyl (C=S) groups is 1. The summed E-state index contributed by atoms with van der Waals surface area (Å²) in [6.07, 6.45) is 2.17. The average molecular weight is 392 g/mol. The first-order chi connectivity index (χ1) is 13.0. The predicted octanol–water partition coefficient (Wildman–Crippen LogP) is 4.97. The van der Waals surface area contributed by atoms with Crippen LogP contribution in [0.15, 0.2) is 42.5 Å². The molecule has 1 aliphatic rings. The van der Waals surface area contributed by atoms with Gasteiger partial charge in [0.05, 0.1) is 7.11 Å². The van der Waals surface area contributed by atoms with Crippen molar-refractivity contribution >= 4 is 23.0 Å². The van der Waals surface area contributed by atoms with Gasteiger partial charge < -0.3 is 19.7 Å². The standard InChI is InChI=1S/C20H22F2N2O2S/c1-13-4-3-5-15(10-13)23-20(27)24(16-7-8-16)12-14-6-9-17(26-19(21)22)18(11-14)25-2/h3-6,9-11,16,19H,7-8,12H2,1-2H3,(H,23,27). The van der Waals surface area contributed by atoms with Gasteiger partial charge in [0.2, 0.25) is 0 Å². The number of halogens is 2. The fourth-order valence-corrected chi connectivity index (χ4v) is 3.20. The van der Waals surface area contributed by atoms with Gasteiger partial charge in [0.1, 0.15) is 0 Å². The first kappa shape index (κ1) is 19.4. The summed E-state index contributed by atoms with van der Waals surface area (Å²) >= 11 is 5.62. The van der Waals surface area contributed by atoms with E-state index in [4.69, 9.17) is 17.0 Å². The lowest BCUT2D eigenvalue weighted by Crippen LogP contribution is -2.36. The van der Waals surface area contributed by atoms with Crippen LogP contribution in [-0.2, 0) is 6.54 Å². The minimum atomic E-state index is -2.89. The Morgan fingerprint density at radius 1 is 1.22 bits per heavy atom. The second kappa shape index (κ2) is 8.52. The van der Waals surface area contributed by atoms with E-state index < -0.39 is 6.61 Å². The molecular weight excluding hydrogens is 370 g/mol. The van der Waals surface area contributed by atoms with Crippen LogP contribution in [0.1, 0.15) is 24.0 Å². The van der Waals surface area contributed by atoms with Crippen molar-refractivity contribution in [2.75, 3.05) is 12.4 Å². The normalized spacial score (nSPS) is 13.4. The number of ether oxygens (including phenoxy) is 2. The highest BCUT2D eigenvalue weighted by atomic mass is 32.1. The maximum Gasteiger partial charge on any atom is 0.387 e. The Labute approximate surface area is 163 Å². The van der Waals surface area contributed by atoms with E-state index in [1.165, 1.54) is 13.2 Å². The molecule has 27 heavy (non-hydrogen) atoms. The quantitative estimate of drug-likeness (QED) is 0.673. The SMILES string of the molecule is COc1cc(CN(C(=S)Nc2cccc(C)c2)C2CC2)ccc1OC(F)F. The minimum absolute atomic E-state index is 0.0229. The van der Waals surface area contributed by atoms with E-state index in [0.29, 0.717) is 17.7 Å². The zero-order valence-electron chi connectivity index (χ0n) is 15.2. The number of hydrogen-bond acceptors (Lipinski definition) is 3. The van der Waals surface area contributed by atoms with Crippen LogP contribution in [0.5, 0.6) is 11.5 Å². The van der Waals surface area contributed by atoms with Crippen LogP contribution in [0.2, 0.25) is 0 Å². The maximum absolute atomic E-state index is 12.5. The first-order valence-corrected chi connectivity index (χ1v) is 9.13. The van der Waals surface area contributed by atoms with Crippen molar-refractivity contribution in [1.29, 1.82) is 0 Å². The van der Waals surface area contributed by atoms with Crippen LogP contribution in [-0.4, -0.2) is 29.8 Å². The Morgan fingerprint density at radius 2 is 2.00 bits per heavy atom. The summed E-state index contributed by atoms with van der Waals surface area (Å²) in [7, 11) is 1.43. The molecule has 0 bridgehead atoms. The number of methoxy groups -OCH3 is 1. The highest BCUT2D eigenvalue weighted by Gasteiger charge is 2.31. The van der Waals surface area contributed by atoms with Gasteiger partial charge in [0.15, 0.2) is 16.6 Å². The zero-order valence-corrected chi connectivity index (χ0v) is 16.1. The van der Waals surface area contributed by atoms with Gasteiger partial charge in [-0.3, -0.25) is 0 Å². The number of benzene rings is 2. The molecule has 2 aromatic carbocycles. The number of nitrogens with one attached hydrogen (secondary N) is 1. The van der Waals surface area contributed by atoms with Crippen LogP contribution in [0, 0.1) is 6.92 Å². The topological polar surface area (TPSA) is 33.7 Å². The number of hydrogen-bond donors (Lipinski definition) is 1. The molecular formula is C20H22F2N2O2S. The van der Waals surface area contributed by atoms with E-state index in [1.807, 2.05) is 31.2 Å². The highest BCUT2D eigenvalue weighted by molar-refractivity contribution is 7.80. The van der Waals surface area contributed by atoms with Crippen LogP contribution in [0.25, 0.3) is 0 Å². The second-order valence-electron chi connectivity index (χ2n) is 6.52. The number of nitrogens with zero attached hydrogens (tertiary/aromatic N) is 1. The summed E-state index contributed by atoms with van der Waals surface area (Å²) < 4.78 is 34.7. The Bertz CT molecular complexity index is 812. The summed E-state index contributed by atoms with van der Waals surface area (Å²) in [5, 5.41) is 3.94. The fraction of sp³-hybridized carbons (Fsp3) is 0.350. The van der Waals surface area contributed by atoms with Gasteiger partial charge in [-0.2, -0.15) is 8.78 Å². The third kappa shape index (κ3) is 5.29. The molecule has 0 amide bonds. The number of rotatable bonds is 7. The van der Waals surface area contributed by atoms with Crippen molar-refractivity contribution in [1.82, 2.24) is 4.90 Å². The molecule has 1 N–H and O–H groups in total. The van der Waals surface area contributed by atoms with E-state index >= 15 is 0 Å². The lowest BCUT2D eigenvalue weighted by atomic mass is 10.2. The van der Waals surface area contributed by atoms with Gasteiger partial charge >= 0.3 is 6.61 Å². The third-order valence-corrected chi connectivity index (χ3v) is 4.65. The molecule has 1 saturated carbocycles. The van der Waals surface area contributed by atoms with Crippen molar-refractivity contribution in [3.63, 3.8) is 0 Å². The molecule has 4 nitrogen and oxygen atoms in total. The van der Waals surface area contributed by atoms with Crippen molar-refractivity contribution in [3.8, 4) is 11.5 Å². The van der Waals surface area contributed by atoms with E-state index in [0.717, 1.165) is 29.7 Å². The molecule has 0 heterocycles. The maximum atomic E-state index is 12.5. The first-order valence-electron chi connectivity index (χ1n) is 8.72. The lowest BCUT2D eigenvalue weighted by molar-refractivity contribution is -0.0512.